The molecule has 0 aliphatic heterocycles. The molecule has 0 heterocycles. The molecule has 0 spiro atoms. The van der Waals surface area contributed by atoms with Gasteiger partial charge in [-0.2, -0.15) is 0 Å². The summed E-state index contributed by atoms with van der Waals surface area (Å²) in [4.78, 5) is 12.1. The zero-order valence-electron chi connectivity index (χ0n) is 10.6. The second-order valence-corrected chi connectivity index (χ2v) is 4.88. The first kappa shape index (κ1) is 14.5. The molecule has 0 unspecified atom stereocenters. The van der Waals surface area contributed by atoms with Crippen LogP contribution in [0, 0.1) is 0 Å². The summed E-state index contributed by atoms with van der Waals surface area (Å²) < 4.78 is 5.04. The van der Waals surface area contributed by atoms with E-state index in [1.165, 1.54) is 13.2 Å². The molecule has 2 aromatic carbocycles. The van der Waals surface area contributed by atoms with Gasteiger partial charge in [-0.05, 0) is 36.4 Å². The predicted octanol–water partition coefficient (Wildman–Crippen LogP) is 3.84. The quantitative estimate of drug-likeness (QED) is 0.847. The molecular weight excluding hydrogens is 299 g/mol. The maximum Gasteiger partial charge on any atom is 0.255 e. The van der Waals surface area contributed by atoms with Crippen LogP contribution >= 0.6 is 23.2 Å². The molecule has 0 saturated carbocycles. The number of anilines is 2. The SMILES string of the molecule is COc1ccc(C(=O)Nc2cc(Cl)ccc2Cl)cc1N. The van der Waals surface area contributed by atoms with Crippen LogP contribution in [0.2, 0.25) is 10.0 Å². The van der Waals surface area contributed by atoms with E-state index >= 15 is 0 Å². The smallest absolute Gasteiger partial charge is 0.255 e. The predicted molar refractivity (Wildman–Crippen MR) is 81.8 cm³/mol. The Balaban J connectivity index is 2.24. The number of hydrogen-bond donors (Lipinski definition) is 2. The van der Waals surface area contributed by atoms with Gasteiger partial charge in [0.1, 0.15) is 5.75 Å². The van der Waals surface area contributed by atoms with Crippen LogP contribution in [0.15, 0.2) is 36.4 Å². The topological polar surface area (TPSA) is 64.3 Å². The summed E-state index contributed by atoms with van der Waals surface area (Å²) in [6.45, 7) is 0. The Hall–Kier alpha value is -1.91. The summed E-state index contributed by atoms with van der Waals surface area (Å²) in [7, 11) is 1.51. The molecule has 0 aromatic heterocycles. The number of nitrogens with two attached hydrogens (primary N) is 1. The molecule has 0 radical (unpaired) electrons. The van der Waals surface area contributed by atoms with E-state index in [1.54, 1.807) is 30.3 Å². The van der Waals surface area contributed by atoms with Gasteiger partial charge < -0.3 is 15.8 Å². The summed E-state index contributed by atoms with van der Waals surface area (Å²) in [5.41, 5.74) is 7.00. The van der Waals surface area contributed by atoms with E-state index in [4.69, 9.17) is 33.7 Å². The largest absolute Gasteiger partial charge is 0.495 e. The fourth-order valence-electron chi connectivity index (χ4n) is 1.66. The summed E-state index contributed by atoms with van der Waals surface area (Å²) in [6, 6.07) is 9.61. The molecule has 0 atom stereocenters. The van der Waals surface area contributed by atoms with Crippen LogP contribution < -0.4 is 15.8 Å². The van der Waals surface area contributed by atoms with E-state index in [1.807, 2.05) is 0 Å². The van der Waals surface area contributed by atoms with Gasteiger partial charge in [0.25, 0.3) is 5.91 Å². The number of nitrogens with one attached hydrogen (secondary N) is 1. The maximum absolute atomic E-state index is 12.1. The second-order valence-electron chi connectivity index (χ2n) is 4.04. The zero-order valence-corrected chi connectivity index (χ0v) is 12.1. The van der Waals surface area contributed by atoms with Gasteiger partial charge in [0, 0.05) is 10.6 Å². The number of carbonyl (C=O) groups excluding carboxylic acids is 1. The van der Waals surface area contributed by atoms with E-state index in [2.05, 4.69) is 5.32 Å². The number of nitrogen functional groups attached to an aromatic ring is 1. The third-order valence-electron chi connectivity index (χ3n) is 2.67. The second kappa shape index (κ2) is 6.03. The van der Waals surface area contributed by atoms with Crippen LogP contribution in [-0.2, 0) is 0 Å². The van der Waals surface area contributed by atoms with Gasteiger partial charge in [0.05, 0.1) is 23.5 Å². The highest BCUT2D eigenvalue weighted by atomic mass is 35.5. The van der Waals surface area contributed by atoms with Crippen LogP contribution in [-0.4, -0.2) is 13.0 Å². The Morgan fingerprint density at radius 1 is 1.20 bits per heavy atom. The summed E-state index contributed by atoms with van der Waals surface area (Å²) >= 11 is 11.9. The highest BCUT2D eigenvalue weighted by Crippen LogP contribution is 2.27. The fourth-order valence-corrected chi connectivity index (χ4v) is 2.00. The van der Waals surface area contributed by atoms with Crippen molar-refractivity contribution in [3.05, 3.63) is 52.0 Å². The number of ether oxygens (including phenoxy) is 1. The number of methoxy groups -OCH3 is 1. The third-order valence-corrected chi connectivity index (χ3v) is 3.23. The molecule has 0 saturated heterocycles. The molecule has 104 valence electrons. The Bertz CT molecular complexity index is 660. The van der Waals surface area contributed by atoms with Crippen molar-refractivity contribution in [1.82, 2.24) is 0 Å². The first-order chi connectivity index (χ1) is 9.51. The lowest BCUT2D eigenvalue weighted by Gasteiger charge is -2.09. The minimum Gasteiger partial charge on any atom is -0.495 e. The third kappa shape index (κ3) is 3.15. The molecule has 0 bridgehead atoms. The van der Waals surface area contributed by atoms with Gasteiger partial charge in [0.2, 0.25) is 0 Å². The van der Waals surface area contributed by atoms with Gasteiger partial charge in [-0.15, -0.1) is 0 Å². The van der Waals surface area contributed by atoms with Crippen LogP contribution in [0.5, 0.6) is 5.75 Å². The number of rotatable bonds is 3. The van der Waals surface area contributed by atoms with Crippen molar-refractivity contribution in [3.63, 3.8) is 0 Å². The van der Waals surface area contributed by atoms with Crippen molar-refractivity contribution in [1.29, 1.82) is 0 Å². The molecule has 2 aromatic rings. The van der Waals surface area contributed by atoms with E-state index in [-0.39, 0.29) is 5.91 Å². The summed E-state index contributed by atoms with van der Waals surface area (Å²) in [5, 5.41) is 3.57. The van der Waals surface area contributed by atoms with Crippen LogP contribution in [0.4, 0.5) is 11.4 Å². The average Bonchev–Trinajstić information content (AvgIpc) is 2.42. The lowest BCUT2D eigenvalue weighted by atomic mass is 10.1. The number of benzene rings is 2. The molecule has 6 heteroatoms. The standard InChI is InChI=1S/C14H12Cl2N2O2/c1-20-13-5-2-8(6-11(13)17)14(19)18-12-7-9(15)3-4-10(12)16/h2-7H,17H2,1H3,(H,18,19). The van der Waals surface area contributed by atoms with Crippen molar-refractivity contribution in [2.45, 2.75) is 0 Å². The summed E-state index contributed by atoms with van der Waals surface area (Å²) in [5.74, 6) is 0.186. The molecule has 0 aliphatic carbocycles. The highest BCUT2D eigenvalue weighted by molar-refractivity contribution is 6.35. The molecule has 0 fully saturated rings. The average molecular weight is 311 g/mol. The first-order valence-electron chi connectivity index (χ1n) is 5.71. The Labute approximate surface area is 126 Å². The summed E-state index contributed by atoms with van der Waals surface area (Å²) in [6.07, 6.45) is 0. The minimum atomic E-state index is -0.330. The van der Waals surface area contributed by atoms with Crippen LogP contribution in [0.1, 0.15) is 10.4 Å². The van der Waals surface area contributed by atoms with Crippen molar-refractivity contribution >= 4 is 40.5 Å². The molecule has 4 nitrogen and oxygen atoms in total. The van der Waals surface area contributed by atoms with E-state index in [0.717, 1.165) is 0 Å². The van der Waals surface area contributed by atoms with E-state index in [0.29, 0.717) is 32.7 Å². The highest BCUT2D eigenvalue weighted by Gasteiger charge is 2.11. The number of carbonyl (C=O) groups is 1. The fraction of sp³-hybridized carbons (Fsp3) is 0.0714. The lowest BCUT2D eigenvalue weighted by Crippen LogP contribution is -2.12. The van der Waals surface area contributed by atoms with Crippen molar-refractivity contribution in [3.8, 4) is 5.75 Å². The minimum absolute atomic E-state index is 0.330. The monoisotopic (exact) mass is 310 g/mol. The van der Waals surface area contributed by atoms with Gasteiger partial charge in [-0.1, -0.05) is 23.2 Å². The van der Waals surface area contributed by atoms with Crippen LogP contribution in [0.25, 0.3) is 0 Å². The zero-order chi connectivity index (χ0) is 14.7. The van der Waals surface area contributed by atoms with Gasteiger partial charge in [-0.25, -0.2) is 0 Å². The maximum atomic E-state index is 12.1. The molecule has 20 heavy (non-hydrogen) atoms. The molecule has 3 N–H and O–H groups in total. The van der Waals surface area contributed by atoms with Gasteiger partial charge in [-0.3, -0.25) is 4.79 Å². The molecular formula is C14H12Cl2N2O2. The van der Waals surface area contributed by atoms with Crippen molar-refractivity contribution in [2.75, 3.05) is 18.2 Å². The van der Waals surface area contributed by atoms with E-state index < -0.39 is 0 Å². The van der Waals surface area contributed by atoms with Gasteiger partial charge in [0.15, 0.2) is 0 Å². The van der Waals surface area contributed by atoms with Crippen molar-refractivity contribution < 1.29 is 9.53 Å². The number of amides is 1. The van der Waals surface area contributed by atoms with E-state index in [9.17, 15) is 4.79 Å². The Kier molecular flexibility index (Phi) is 4.37. The molecule has 1 amide bonds. The number of halogens is 2. The van der Waals surface area contributed by atoms with Crippen molar-refractivity contribution in [2.24, 2.45) is 0 Å². The van der Waals surface area contributed by atoms with Crippen LogP contribution in [0.3, 0.4) is 0 Å². The molecule has 2 rings (SSSR count). The molecule has 0 aliphatic rings. The van der Waals surface area contributed by atoms with Gasteiger partial charge >= 0.3 is 0 Å². The number of hydrogen-bond acceptors (Lipinski definition) is 3. The first-order valence-corrected chi connectivity index (χ1v) is 6.47. The normalized spacial score (nSPS) is 10.2. The Morgan fingerprint density at radius 3 is 2.60 bits per heavy atom. The lowest BCUT2D eigenvalue weighted by molar-refractivity contribution is 0.102. The Morgan fingerprint density at radius 2 is 1.95 bits per heavy atom.